The van der Waals surface area contributed by atoms with E-state index < -0.39 is 42.2 Å². The zero-order chi connectivity index (χ0) is 20.6. The molecule has 1 aliphatic heterocycles. The van der Waals surface area contributed by atoms with E-state index in [1.54, 1.807) is 13.0 Å². The molecule has 0 saturated carbocycles. The summed E-state index contributed by atoms with van der Waals surface area (Å²) >= 11 is 7.07. The topological polar surface area (TPSA) is 88.1 Å². The van der Waals surface area contributed by atoms with Gasteiger partial charge in [0.15, 0.2) is 6.61 Å². The average molecular weight is 436 g/mol. The zero-order valence-electron chi connectivity index (χ0n) is 14.3. The quantitative estimate of drug-likeness (QED) is 0.234. The molecule has 0 saturated heterocycles. The third kappa shape index (κ3) is 3.81. The van der Waals surface area contributed by atoms with Gasteiger partial charge in [-0.15, -0.1) is 0 Å². The third-order valence-corrected chi connectivity index (χ3v) is 5.41. The van der Waals surface area contributed by atoms with Crippen LogP contribution in [0.1, 0.15) is 29.0 Å². The Morgan fingerprint density at radius 2 is 2.18 bits per heavy atom. The molecule has 3 rings (SSSR count). The number of alkyl halides is 3. The molecular formula is C16H13ClF3N3O4S. The second-order valence-electron chi connectivity index (χ2n) is 5.81. The molecule has 2 aromatic rings. The largest absolute Gasteiger partial charge is 0.839 e. The number of pyridine rings is 1. The van der Waals surface area contributed by atoms with E-state index in [1.165, 1.54) is 33.2 Å². The maximum absolute atomic E-state index is 12.7. The molecule has 1 aliphatic rings. The molecule has 0 bridgehead atoms. The van der Waals surface area contributed by atoms with Crippen molar-refractivity contribution < 1.29 is 37.2 Å². The number of thioether (sulfide) groups is 1. The van der Waals surface area contributed by atoms with Gasteiger partial charge >= 0.3 is 23.1 Å². The Bertz CT molecular complexity index is 931. The molecule has 1 atom stereocenters. The van der Waals surface area contributed by atoms with Crippen molar-refractivity contribution in [2.24, 2.45) is 0 Å². The highest BCUT2D eigenvalue weighted by Crippen LogP contribution is 2.39. The number of halogens is 4. The van der Waals surface area contributed by atoms with Crippen LogP contribution in [0.15, 0.2) is 23.5 Å². The molecule has 0 aromatic carbocycles. The van der Waals surface area contributed by atoms with Crippen molar-refractivity contribution in [3.8, 4) is 5.88 Å². The Morgan fingerprint density at radius 3 is 2.75 bits per heavy atom. The van der Waals surface area contributed by atoms with E-state index in [-0.39, 0.29) is 11.7 Å². The van der Waals surface area contributed by atoms with Gasteiger partial charge in [0.2, 0.25) is 5.69 Å². The molecule has 0 aliphatic carbocycles. The number of hydrogen-bond donors (Lipinski definition) is 0. The third-order valence-electron chi connectivity index (χ3n) is 4.03. The van der Waals surface area contributed by atoms with Crippen molar-refractivity contribution in [2.45, 2.75) is 30.8 Å². The first-order chi connectivity index (χ1) is 13.1. The van der Waals surface area contributed by atoms with Gasteiger partial charge < -0.3 is 9.84 Å². The molecule has 0 radical (unpaired) electrons. The maximum Gasteiger partial charge on any atom is 0.422 e. The number of ether oxygens (including phenoxy) is 1. The summed E-state index contributed by atoms with van der Waals surface area (Å²) in [5.74, 6) is -3.47. The SMILES string of the molecule is CC[n+]1c([O-])c(C(=O)C(=O)OCC(F)(F)F)n2c1SCC2c1ccc(Cl)nc1. The molecule has 7 nitrogen and oxygen atoms in total. The van der Waals surface area contributed by atoms with Crippen molar-refractivity contribution in [3.05, 3.63) is 34.7 Å². The predicted molar refractivity (Wildman–Crippen MR) is 89.2 cm³/mol. The van der Waals surface area contributed by atoms with E-state index in [0.29, 0.717) is 16.5 Å². The van der Waals surface area contributed by atoms with Gasteiger partial charge in [0.05, 0.1) is 12.3 Å². The summed E-state index contributed by atoms with van der Waals surface area (Å²) in [4.78, 5) is 28.3. The van der Waals surface area contributed by atoms with Crippen molar-refractivity contribution in [2.75, 3.05) is 12.4 Å². The summed E-state index contributed by atoms with van der Waals surface area (Å²) in [6.07, 6.45) is -3.31. The number of hydrogen-bond acceptors (Lipinski definition) is 6. The van der Waals surface area contributed by atoms with Crippen LogP contribution in [0.2, 0.25) is 5.15 Å². The molecular weight excluding hydrogens is 423 g/mol. The highest BCUT2D eigenvalue weighted by atomic mass is 35.5. The number of carbonyl (C=O) groups excluding carboxylic acids is 2. The number of fused-ring (bicyclic) bond motifs is 1. The molecule has 0 amide bonds. The minimum atomic E-state index is -4.78. The Hall–Kier alpha value is -2.27. The maximum atomic E-state index is 12.7. The van der Waals surface area contributed by atoms with E-state index in [1.807, 2.05) is 0 Å². The van der Waals surface area contributed by atoms with Crippen molar-refractivity contribution in [3.63, 3.8) is 0 Å². The lowest BCUT2D eigenvalue weighted by molar-refractivity contribution is -0.763. The summed E-state index contributed by atoms with van der Waals surface area (Å²) in [6, 6.07) is 2.68. The molecule has 150 valence electrons. The van der Waals surface area contributed by atoms with Crippen LogP contribution >= 0.6 is 23.4 Å². The van der Waals surface area contributed by atoms with Crippen LogP contribution in [-0.2, 0) is 16.1 Å². The number of aromatic nitrogens is 3. The van der Waals surface area contributed by atoms with Crippen molar-refractivity contribution in [1.82, 2.24) is 9.55 Å². The van der Waals surface area contributed by atoms with Gasteiger partial charge in [0.25, 0.3) is 0 Å². The standard InChI is InChI=1S/C16H13ClF3N3O4S/c1-2-22-13(25)11(12(24)14(26)27-7-16(18,19)20)23-9(6-28-15(22)23)8-3-4-10(17)21-5-8/h3-5,9H,2,6-7H2,1H3. The van der Waals surface area contributed by atoms with Crippen LogP contribution in [0.4, 0.5) is 13.2 Å². The highest BCUT2D eigenvalue weighted by Gasteiger charge is 2.43. The monoisotopic (exact) mass is 435 g/mol. The average Bonchev–Trinajstić information content (AvgIpc) is 3.16. The number of nitrogens with zero attached hydrogens (tertiary/aromatic N) is 3. The van der Waals surface area contributed by atoms with E-state index in [9.17, 15) is 27.9 Å². The molecule has 12 heteroatoms. The van der Waals surface area contributed by atoms with E-state index in [2.05, 4.69) is 9.72 Å². The second kappa shape index (κ2) is 7.63. The minimum Gasteiger partial charge on any atom is -0.839 e. The van der Waals surface area contributed by atoms with Gasteiger partial charge in [-0.3, -0.25) is 4.79 Å². The van der Waals surface area contributed by atoms with Crippen LogP contribution in [0.3, 0.4) is 0 Å². The van der Waals surface area contributed by atoms with Gasteiger partial charge in [-0.2, -0.15) is 13.2 Å². The van der Waals surface area contributed by atoms with E-state index in [0.717, 1.165) is 0 Å². The van der Waals surface area contributed by atoms with Crippen LogP contribution in [0, 0.1) is 0 Å². The predicted octanol–water partition coefficient (Wildman–Crippen LogP) is 1.90. The normalized spacial score (nSPS) is 16.1. The molecule has 0 fully saturated rings. The minimum absolute atomic E-state index is 0.220. The lowest BCUT2D eigenvalue weighted by atomic mass is 10.1. The molecule has 0 spiro atoms. The summed E-state index contributed by atoms with van der Waals surface area (Å²) in [5.41, 5.74) is 0.0978. The summed E-state index contributed by atoms with van der Waals surface area (Å²) in [7, 11) is 0. The first-order valence-corrected chi connectivity index (χ1v) is 9.38. The molecule has 0 N–H and O–H groups in total. The van der Waals surface area contributed by atoms with Gasteiger partial charge in [0, 0.05) is 11.8 Å². The first-order valence-electron chi connectivity index (χ1n) is 8.01. The van der Waals surface area contributed by atoms with E-state index in [4.69, 9.17) is 11.6 Å². The number of Topliss-reactive ketones (excluding diaryl/α,β-unsaturated/α-hetero) is 1. The van der Waals surface area contributed by atoms with Crippen LogP contribution < -0.4 is 9.67 Å². The smallest absolute Gasteiger partial charge is 0.422 e. The Morgan fingerprint density at radius 1 is 1.46 bits per heavy atom. The number of ketones is 1. The van der Waals surface area contributed by atoms with E-state index >= 15 is 0 Å². The van der Waals surface area contributed by atoms with Crippen LogP contribution in [-0.4, -0.2) is 39.8 Å². The molecule has 28 heavy (non-hydrogen) atoms. The van der Waals surface area contributed by atoms with Gasteiger partial charge in [0.1, 0.15) is 17.1 Å². The zero-order valence-corrected chi connectivity index (χ0v) is 15.9. The fourth-order valence-corrected chi connectivity index (χ4v) is 4.32. The van der Waals surface area contributed by atoms with Crippen molar-refractivity contribution >= 4 is 35.1 Å². The number of imidazole rings is 1. The summed E-state index contributed by atoms with van der Waals surface area (Å²) in [6.45, 7) is -0.0137. The lowest BCUT2D eigenvalue weighted by Gasteiger charge is -2.12. The van der Waals surface area contributed by atoms with Gasteiger partial charge in [-0.1, -0.05) is 17.7 Å². The fraction of sp³-hybridized carbons (Fsp3) is 0.375. The molecule has 1 unspecified atom stereocenters. The summed E-state index contributed by atoms with van der Waals surface area (Å²) < 4.78 is 43.5. The van der Waals surface area contributed by atoms with Crippen LogP contribution in [0.5, 0.6) is 5.88 Å². The fourth-order valence-electron chi connectivity index (χ4n) is 2.83. The molecule has 3 heterocycles. The van der Waals surface area contributed by atoms with Gasteiger partial charge in [-0.25, -0.2) is 18.9 Å². The van der Waals surface area contributed by atoms with Crippen molar-refractivity contribution in [1.29, 1.82) is 0 Å². The molecule has 2 aromatic heterocycles. The Labute approximate surface area is 166 Å². The Kier molecular flexibility index (Phi) is 5.57. The highest BCUT2D eigenvalue weighted by molar-refractivity contribution is 7.99. The Balaban J connectivity index is 2.01. The van der Waals surface area contributed by atoms with Crippen LogP contribution in [0.25, 0.3) is 0 Å². The summed E-state index contributed by atoms with van der Waals surface area (Å²) in [5, 5.41) is 13.3. The second-order valence-corrected chi connectivity index (χ2v) is 7.19. The number of esters is 1. The number of rotatable bonds is 5. The first kappa shape index (κ1) is 20.5. The number of carbonyl (C=O) groups is 2. The van der Waals surface area contributed by atoms with Gasteiger partial charge in [-0.05, 0) is 24.8 Å². The lowest BCUT2D eigenvalue weighted by Crippen LogP contribution is -2.36.